The zero-order valence-corrected chi connectivity index (χ0v) is 24.3. The number of likely N-dealkylation sites (N-methyl/N-ethyl adjacent to an activating group) is 1. The lowest BCUT2D eigenvalue weighted by Gasteiger charge is -2.39. The van der Waals surface area contributed by atoms with Crippen molar-refractivity contribution < 1.29 is 24.2 Å². The molecule has 0 saturated carbocycles. The molecule has 4 rings (SSSR count). The number of benzene rings is 1. The van der Waals surface area contributed by atoms with Gasteiger partial charge in [0.1, 0.15) is 11.6 Å². The van der Waals surface area contributed by atoms with Gasteiger partial charge in [-0.2, -0.15) is 0 Å². The van der Waals surface area contributed by atoms with Crippen LogP contribution in [0.25, 0.3) is 0 Å². The smallest absolute Gasteiger partial charge is 0.253 e. The first-order chi connectivity index (χ1) is 19.2. The van der Waals surface area contributed by atoms with Crippen LogP contribution in [0.5, 0.6) is 0 Å². The van der Waals surface area contributed by atoms with Crippen molar-refractivity contribution >= 4 is 29.1 Å². The summed E-state index contributed by atoms with van der Waals surface area (Å²) < 4.78 is 6.57. The van der Waals surface area contributed by atoms with E-state index in [4.69, 9.17) is 4.74 Å². The molecule has 9 heteroatoms. The van der Waals surface area contributed by atoms with Gasteiger partial charge >= 0.3 is 0 Å². The Morgan fingerprint density at radius 1 is 1.10 bits per heavy atom. The van der Waals surface area contributed by atoms with Gasteiger partial charge < -0.3 is 29.4 Å². The Morgan fingerprint density at radius 2 is 1.73 bits per heavy atom. The zero-order chi connectivity index (χ0) is 29.2. The molecule has 218 valence electrons. The molecule has 2 unspecified atom stereocenters. The molecule has 3 aliphatic rings. The largest absolute Gasteiger partial charge is 0.394 e. The molecule has 9 nitrogen and oxygen atoms in total. The van der Waals surface area contributed by atoms with Crippen LogP contribution in [-0.2, 0) is 19.1 Å². The van der Waals surface area contributed by atoms with Crippen molar-refractivity contribution in [2.24, 2.45) is 11.8 Å². The number of likely N-dealkylation sites (tertiary alicyclic amines) is 1. The normalized spacial score (nSPS) is 27.3. The summed E-state index contributed by atoms with van der Waals surface area (Å²) in [6, 6.07) is 6.29. The predicted octanol–water partition coefficient (Wildman–Crippen LogP) is 2.84. The van der Waals surface area contributed by atoms with Crippen LogP contribution in [0.1, 0.15) is 40.0 Å². The van der Waals surface area contributed by atoms with Crippen molar-refractivity contribution in [3.05, 3.63) is 49.6 Å². The number of carbonyl (C=O) groups is 3. The fourth-order valence-electron chi connectivity index (χ4n) is 7.03. The molecular weight excluding hydrogens is 508 g/mol. The van der Waals surface area contributed by atoms with E-state index in [9.17, 15) is 19.5 Å². The molecule has 1 aromatic rings. The average molecular weight is 553 g/mol. The monoisotopic (exact) mass is 552 g/mol. The van der Waals surface area contributed by atoms with Crippen molar-refractivity contribution in [2.45, 2.75) is 63.8 Å². The van der Waals surface area contributed by atoms with Gasteiger partial charge in [0.15, 0.2) is 0 Å². The number of amides is 3. The lowest BCUT2D eigenvalue weighted by atomic mass is 9.70. The average Bonchev–Trinajstić information content (AvgIpc) is 3.61. The Hall–Kier alpha value is -3.17. The standard InChI is InChI=1S/C31H44N4O5/c1-7-18-32(6)28(37)25-24-16-17-31(40-24)26(25)29(38)35(21(9-3)20-36)27(31)30(39)34(19-8-2)23-14-12-22(13-15-23)33(10-4)11-5/h7-8,12-15,21,24-27,36H,1-2,9-11,16-20H2,3-6H3/t21-,24-,25+,26-,27?,31?/m0/s1. The molecule has 2 bridgehead atoms. The number of aliphatic hydroxyl groups excluding tert-OH is 1. The maximum Gasteiger partial charge on any atom is 0.253 e. The van der Waals surface area contributed by atoms with E-state index < -0.39 is 35.6 Å². The molecule has 1 aromatic carbocycles. The van der Waals surface area contributed by atoms with Gasteiger partial charge in [-0.15, -0.1) is 13.2 Å². The summed E-state index contributed by atoms with van der Waals surface area (Å²) in [7, 11) is 1.69. The van der Waals surface area contributed by atoms with E-state index in [-0.39, 0.29) is 30.9 Å². The van der Waals surface area contributed by atoms with Crippen LogP contribution in [0.15, 0.2) is 49.6 Å². The number of carbonyl (C=O) groups excluding carboxylic acids is 3. The number of anilines is 2. The van der Waals surface area contributed by atoms with Gasteiger partial charge in [-0.05, 0) is 57.4 Å². The highest BCUT2D eigenvalue weighted by molar-refractivity contribution is 6.05. The Kier molecular flexibility index (Phi) is 9.05. The third-order valence-electron chi connectivity index (χ3n) is 8.98. The number of hydrogen-bond acceptors (Lipinski definition) is 6. The Morgan fingerprint density at radius 3 is 2.27 bits per heavy atom. The van der Waals surface area contributed by atoms with Crippen LogP contribution >= 0.6 is 0 Å². The van der Waals surface area contributed by atoms with Crippen molar-refractivity contribution in [3.8, 4) is 0 Å². The van der Waals surface area contributed by atoms with Crippen LogP contribution in [0.2, 0.25) is 0 Å². The molecule has 6 atom stereocenters. The molecule has 0 aliphatic carbocycles. The third-order valence-corrected chi connectivity index (χ3v) is 8.98. The first-order valence-corrected chi connectivity index (χ1v) is 14.5. The molecule has 3 amide bonds. The van der Waals surface area contributed by atoms with Crippen LogP contribution in [0, 0.1) is 11.8 Å². The van der Waals surface area contributed by atoms with Crippen LogP contribution < -0.4 is 9.80 Å². The van der Waals surface area contributed by atoms with E-state index in [0.717, 1.165) is 18.8 Å². The van der Waals surface area contributed by atoms with Crippen LogP contribution in [0.3, 0.4) is 0 Å². The number of ether oxygens (including phenoxy) is 1. The molecule has 3 saturated heterocycles. The molecule has 0 aromatic heterocycles. The fraction of sp³-hybridized carbons (Fsp3) is 0.581. The number of rotatable bonds is 13. The summed E-state index contributed by atoms with van der Waals surface area (Å²) >= 11 is 0. The van der Waals surface area contributed by atoms with E-state index >= 15 is 0 Å². The summed E-state index contributed by atoms with van der Waals surface area (Å²) in [6.45, 7) is 15.7. The van der Waals surface area contributed by atoms with E-state index in [1.165, 1.54) is 4.90 Å². The highest BCUT2D eigenvalue weighted by Crippen LogP contribution is 2.59. The summed E-state index contributed by atoms with van der Waals surface area (Å²) in [5, 5.41) is 10.3. The third kappa shape index (κ3) is 4.73. The Bertz CT molecular complexity index is 1120. The van der Waals surface area contributed by atoms with Gasteiger partial charge in [-0.1, -0.05) is 19.1 Å². The van der Waals surface area contributed by atoms with Gasteiger partial charge in [-0.25, -0.2) is 0 Å². The van der Waals surface area contributed by atoms with Gasteiger partial charge in [0, 0.05) is 44.6 Å². The lowest BCUT2D eigenvalue weighted by Crippen LogP contribution is -2.59. The van der Waals surface area contributed by atoms with E-state index in [0.29, 0.717) is 31.5 Å². The fourth-order valence-corrected chi connectivity index (χ4v) is 7.03. The minimum atomic E-state index is -1.13. The van der Waals surface area contributed by atoms with Gasteiger partial charge in [-0.3, -0.25) is 14.4 Å². The molecule has 1 spiro atoms. The number of aliphatic hydroxyl groups is 1. The maximum absolute atomic E-state index is 14.6. The van der Waals surface area contributed by atoms with Crippen molar-refractivity contribution in [1.29, 1.82) is 0 Å². The van der Waals surface area contributed by atoms with Crippen LogP contribution in [-0.4, -0.2) is 96.3 Å². The second-order valence-electron chi connectivity index (χ2n) is 11.0. The van der Waals surface area contributed by atoms with Crippen molar-refractivity contribution in [1.82, 2.24) is 9.80 Å². The summed E-state index contributed by atoms with van der Waals surface area (Å²) in [5.41, 5.74) is 0.623. The van der Waals surface area contributed by atoms with Gasteiger partial charge in [0.25, 0.3) is 5.91 Å². The van der Waals surface area contributed by atoms with Crippen molar-refractivity contribution in [2.75, 3.05) is 49.6 Å². The number of fused-ring (bicyclic) bond motifs is 1. The summed E-state index contributed by atoms with van der Waals surface area (Å²) in [6.07, 6.45) is 4.44. The van der Waals surface area contributed by atoms with E-state index in [1.807, 2.05) is 31.2 Å². The van der Waals surface area contributed by atoms with E-state index in [1.54, 1.807) is 29.0 Å². The molecule has 3 fully saturated rings. The molecule has 0 radical (unpaired) electrons. The minimum Gasteiger partial charge on any atom is -0.394 e. The first-order valence-electron chi connectivity index (χ1n) is 14.5. The highest BCUT2D eigenvalue weighted by atomic mass is 16.5. The van der Waals surface area contributed by atoms with Gasteiger partial charge in [0.05, 0.1) is 30.6 Å². The first kappa shape index (κ1) is 29.8. The zero-order valence-electron chi connectivity index (χ0n) is 24.3. The van der Waals surface area contributed by atoms with Crippen molar-refractivity contribution in [3.63, 3.8) is 0 Å². The molecular formula is C31H44N4O5. The Balaban J connectivity index is 1.76. The molecule has 3 aliphatic heterocycles. The number of nitrogens with zero attached hydrogens (tertiary/aromatic N) is 4. The maximum atomic E-state index is 14.6. The summed E-state index contributed by atoms with van der Waals surface area (Å²) in [4.78, 5) is 49.3. The van der Waals surface area contributed by atoms with E-state index in [2.05, 4.69) is 31.9 Å². The second kappa shape index (κ2) is 12.1. The molecule has 3 heterocycles. The SMILES string of the molecule is C=CCN(C)C(=O)[C@@H]1[C@@H]2CCC3(O2)C(C(=O)N(CC=C)c2ccc(N(CC)CC)cc2)N([C@@H](CC)CO)C(=O)[C@H]13. The quantitative estimate of drug-likeness (QED) is 0.379. The number of hydrogen-bond donors (Lipinski definition) is 1. The van der Waals surface area contributed by atoms with Gasteiger partial charge in [0.2, 0.25) is 11.8 Å². The minimum absolute atomic E-state index is 0.176. The lowest BCUT2D eigenvalue weighted by molar-refractivity contribution is -0.146. The molecule has 1 N–H and O–H groups in total. The Labute approximate surface area is 238 Å². The summed E-state index contributed by atoms with van der Waals surface area (Å²) in [5.74, 6) is -2.21. The topological polar surface area (TPSA) is 93.6 Å². The highest BCUT2D eigenvalue weighted by Gasteiger charge is 2.75. The predicted molar refractivity (Wildman–Crippen MR) is 156 cm³/mol. The molecule has 40 heavy (non-hydrogen) atoms. The van der Waals surface area contributed by atoms with Crippen LogP contribution in [0.4, 0.5) is 11.4 Å². The second-order valence-corrected chi connectivity index (χ2v) is 11.0.